The van der Waals surface area contributed by atoms with Gasteiger partial charge >= 0.3 is 0 Å². The number of hydrogen-bond donors (Lipinski definition) is 2. The minimum absolute atomic E-state index is 0.0858. The van der Waals surface area contributed by atoms with Gasteiger partial charge in [0.2, 0.25) is 5.91 Å². The van der Waals surface area contributed by atoms with E-state index in [0.717, 1.165) is 18.4 Å². The largest absolute Gasteiger partial charge is 0.356 e. The second-order valence-corrected chi connectivity index (χ2v) is 6.61. The zero-order chi connectivity index (χ0) is 18.1. The fourth-order valence-corrected chi connectivity index (χ4v) is 3.20. The summed E-state index contributed by atoms with van der Waals surface area (Å²) in [7, 11) is 3.59. The molecular weight excluding hydrogens is 319 g/mol. The predicted molar refractivity (Wildman–Crippen MR) is 98.9 cm³/mol. The lowest BCUT2D eigenvalue weighted by molar-refractivity contribution is -0.121. The molecule has 1 aromatic carbocycles. The van der Waals surface area contributed by atoms with Crippen LogP contribution in [0.2, 0.25) is 0 Å². The highest BCUT2D eigenvalue weighted by Crippen LogP contribution is 2.17. The van der Waals surface area contributed by atoms with E-state index in [9.17, 15) is 9.18 Å². The lowest BCUT2D eigenvalue weighted by Crippen LogP contribution is -2.41. The Hall–Kier alpha value is -2.11. The molecule has 0 radical (unpaired) electrons. The molecule has 0 spiro atoms. The highest BCUT2D eigenvalue weighted by Gasteiger charge is 2.15. The van der Waals surface area contributed by atoms with E-state index in [-0.39, 0.29) is 11.7 Å². The first kappa shape index (κ1) is 19.2. The van der Waals surface area contributed by atoms with Crippen LogP contribution in [0, 0.1) is 5.82 Å². The van der Waals surface area contributed by atoms with E-state index in [4.69, 9.17) is 0 Å². The molecule has 0 bridgehead atoms. The molecule has 2 N–H and O–H groups in total. The summed E-state index contributed by atoms with van der Waals surface area (Å²) in [5.41, 5.74) is 0.875. The van der Waals surface area contributed by atoms with Crippen LogP contribution in [-0.4, -0.2) is 43.4 Å². The number of guanidine groups is 1. The molecule has 1 amide bonds. The van der Waals surface area contributed by atoms with E-state index in [0.29, 0.717) is 31.5 Å². The molecule has 0 aliphatic heterocycles. The normalized spacial score (nSPS) is 15.7. The standard InChI is InChI=1S/C19H29FN4O/c1-21-19(24(2)14-15-7-6-8-16(20)13-15)22-12-11-18(25)23-17-9-4-3-5-10-17/h6-8,13,17H,3-5,9-12,14H2,1-2H3,(H,21,22)(H,23,25). The minimum Gasteiger partial charge on any atom is -0.356 e. The van der Waals surface area contributed by atoms with Crippen molar-refractivity contribution in [3.63, 3.8) is 0 Å². The Morgan fingerprint density at radius 3 is 2.76 bits per heavy atom. The van der Waals surface area contributed by atoms with Crippen LogP contribution < -0.4 is 10.6 Å². The number of rotatable bonds is 6. The van der Waals surface area contributed by atoms with E-state index < -0.39 is 0 Å². The van der Waals surface area contributed by atoms with Crippen molar-refractivity contribution in [1.82, 2.24) is 15.5 Å². The summed E-state index contributed by atoms with van der Waals surface area (Å²) < 4.78 is 13.3. The molecule has 138 valence electrons. The number of hydrogen-bond acceptors (Lipinski definition) is 2. The molecule has 0 unspecified atom stereocenters. The Bertz CT molecular complexity index is 585. The second kappa shape index (κ2) is 10.0. The van der Waals surface area contributed by atoms with Gasteiger partial charge in [-0.25, -0.2) is 4.39 Å². The van der Waals surface area contributed by atoms with E-state index in [2.05, 4.69) is 15.6 Å². The number of aliphatic imine (C=N–C) groups is 1. The Morgan fingerprint density at radius 2 is 2.08 bits per heavy atom. The van der Waals surface area contributed by atoms with Gasteiger partial charge in [-0.1, -0.05) is 31.4 Å². The molecule has 1 aliphatic carbocycles. The molecule has 0 atom stereocenters. The number of carbonyl (C=O) groups excluding carboxylic acids is 1. The first-order valence-electron chi connectivity index (χ1n) is 9.04. The Morgan fingerprint density at radius 1 is 1.32 bits per heavy atom. The monoisotopic (exact) mass is 348 g/mol. The van der Waals surface area contributed by atoms with E-state index >= 15 is 0 Å². The van der Waals surface area contributed by atoms with Crippen molar-refractivity contribution in [2.45, 2.75) is 51.1 Å². The molecule has 2 rings (SSSR count). The maximum atomic E-state index is 13.3. The Labute approximate surface area is 149 Å². The van der Waals surface area contributed by atoms with Gasteiger partial charge < -0.3 is 15.5 Å². The molecule has 1 aliphatic rings. The predicted octanol–water partition coefficient (Wildman–Crippen LogP) is 2.67. The van der Waals surface area contributed by atoms with Gasteiger partial charge in [0.25, 0.3) is 0 Å². The first-order chi connectivity index (χ1) is 12.1. The number of halogens is 1. The number of benzene rings is 1. The lowest BCUT2D eigenvalue weighted by atomic mass is 9.95. The van der Waals surface area contributed by atoms with Gasteiger partial charge in [-0.05, 0) is 30.5 Å². The van der Waals surface area contributed by atoms with Crippen LogP contribution in [0.25, 0.3) is 0 Å². The summed E-state index contributed by atoms with van der Waals surface area (Å²) in [5.74, 6) is 0.533. The maximum absolute atomic E-state index is 13.3. The molecule has 1 fully saturated rings. The number of amides is 1. The average Bonchev–Trinajstić information content (AvgIpc) is 2.59. The van der Waals surface area contributed by atoms with Crippen molar-refractivity contribution in [2.75, 3.05) is 20.6 Å². The van der Waals surface area contributed by atoms with E-state index in [1.165, 1.54) is 31.4 Å². The van der Waals surface area contributed by atoms with Crippen LogP contribution in [0.5, 0.6) is 0 Å². The lowest BCUT2D eigenvalue weighted by Gasteiger charge is -2.24. The van der Waals surface area contributed by atoms with Gasteiger partial charge in [-0.3, -0.25) is 9.79 Å². The Kier molecular flexibility index (Phi) is 7.70. The van der Waals surface area contributed by atoms with Crippen molar-refractivity contribution >= 4 is 11.9 Å². The zero-order valence-corrected chi connectivity index (χ0v) is 15.2. The molecule has 0 saturated heterocycles. The fraction of sp³-hybridized carbons (Fsp3) is 0.579. The zero-order valence-electron chi connectivity index (χ0n) is 15.2. The molecule has 1 saturated carbocycles. The minimum atomic E-state index is -0.242. The van der Waals surface area contributed by atoms with Crippen LogP contribution in [-0.2, 0) is 11.3 Å². The maximum Gasteiger partial charge on any atom is 0.221 e. The summed E-state index contributed by atoms with van der Waals surface area (Å²) in [6.45, 7) is 1.07. The summed E-state index contributed by atoms with van der Waals surface area (Å²) >= 11 is 0. The number of nitrogens with zero attached hydrogens (tertiary/aromatic N) is 2. The van der Waals surface area contributed by atoms with Crippen molar-refractivity contribution < 1.29 is 9.18 Å². The van der Waals surface area contributed by atoms with Crippen LogP contribution >= 0.6 is 0 Å². The van der Waals surface area contributed by atoms with Crippen LogP contribution in [0.3, 0.4) is 0 Å². The summed E-state index contributed by atoms with van der Waals surface area (Å²) in [6, 6.07) is 6.87. The second-order valence-electron chi connectivity index (χ2n) is 6.61. The number of carbonyl (C=O) groups is 1. The van der Waals surface area contributed by atoms with Crippen LogP contribution in [0.4, 0.5) is 4.39 Å². The summed E-state index contributed by atoms with van der Waals surface area (Å²) in [5, 5.41) is 6.31. The van der Waals surface area contributed by atoms with Gasteiger partial charge in [0.05, 0.1) is 0 Å². The van der Waals surface area contributed by atoms with E-state index in [1.807, 2.05) is 18.0 Å². The van der Waals surface area contributed by atoms with Crippen molar-refractivity contribution in [1.29, 1.82) is 0 Å². The van der Waals surface area contributed by atoms with Crippen molar-refractivity contribution in [3.8, 4) is 0 Å². The van der Waals surface area contributed by atoms with Crippen LogP contribution in [0.1, 0.15) is 44.1 Å². The van der Waals surface area contributed by atoms with Gasteiger partial charge in [0.15, 0.2) is 5.96 Å². The molecule has 0 aromatic heterocycles. The fourth-order valence-electron chi connectivity index (χ4n) is 3.20. The molecule has 0 heterocycles. The molecule has 25 heavy (non-hydrogen) atoms. The molecular formula is C19H29FN4O. The van der Waals surface area contributed by atoms with Gasteiger partial charge in [-0.2, -0.15) is 0 Å². The average molecular weight is 348 g/mol. The third kappa shape index (κ3) is 6.72. The molecule has 6 heteroatoms. The first-order valence-corrected chi connectivity index (χ1v) is 9.04. The van der Waals surface area contributed by atoms with Gasteiger partial charge in [-0.15, -0.1) is 0 Å². The quantitative estimate of drug-likeness (QED) is 0.614. The third-order valence-corrected chi connectivity index (χ3v) is 4.49. The van der Waals surface area contributed by atoms with Crippen molar-refractivity contribution in [2.24, 2.45) is 4.99 Å². The molecule has 1 aromatic rings. The molecule has 5 nitrogen and oxygen atoms in total. The Balaban J connectivity index is 1.72. The van der Waals surface area contributed by atoms with Gasteiger partial charge in [0, 0.05) is 39.6 Å². The van der Waals surface area contributed by atoms with Crippen molar-refractivity contribution in [3.05, 3.63) is 35.6 Å². The van der Waals surface area contributed by atoms with Crippen LogP contribution in [0.15, 0.2) is 29.3 Å². The number of nitrogens with one attached hydrogen (secondary N) is 2. The summed E-state index contributed by atoms with van der Waals surface area (Å²) in [6.07, 6.45) is 6.31. The van der Waals surface area contributed by atoms with Gasteiger partial charge in [0.1, 0.15) is 5.82 Å². The highest BCUT2D eigenvalue weighted by atomic mass is 19.1. The summed E-state index contributed by atoms with van der Waals surface area (Å²) in [4.78, 5) is 18.2. The third-order valence-electron chi connectivity index (χ3n) is 4.49. The smallest absolute Gasteiger partial charge is 0.221 e. The highest BCUT2D eigenvalue weighted by molar-refractivity contribution is 5.81. The topological polar surface area (TPSA) is 56.7 Å². The van der Waals surface area contributed by atoms with E-state index in [1.54, 1.807) is 13.1 Å². The SMILES string of the molecule is CN=C(NCCC(=O)NC1CCCCC1)N(C)Cc1cccc(F)c1.